The second-order valence-corrected chi connectivity index (χ2v) is 8.31. The van der Waals surface area contributed by atoms with E-state index in [1.54, 1.807) is 6.07 Å². The Labute approximate surface area is 202 Å². The van der Waals surface area contributed by atoms with Crippen LogP contribution < -0.4 is 9.47 Å². The van der Waals surface area contributed by atoms with Crippen molar-refractivity contribution in [3.8, 4) is 22.6 Å². The summed E-state index contributed by atoms with van der Waals surface area (Å²) in [7, 11) is 0. The lowest BCUT2D eigenvalue weighted by Gasteiger charge is -2.13. The molecule has 4 aromatic carbocycles. The number of fused-ring (bicyclic) bond motifs is 1. The van der Waals surface area contributed by atoms with Gasteiger partial charge in [0, 0.05) is 0 Å². The van der Waals surface area contributed by atoms with Gasteiger partial charge in [-0.25, -0.2) is 9.78 Å². The molecular formula is C29H24N2O4. The quantitative estimate of drug-likeness (QED) is 0.278. The zero-order valence-corrected chi connectivity index (χ0v) is 19.2. The minimum atomic E-state index is -1.03. The standard InChI is InChI=1S/C29H24N2O4/c1-19-7-13-24-25(15-19)31-28(30-24)18-35-26-14-12-23(29(32)33)16-27(26)34-17-20-8-10-22(11-9-20)21-5-3-2-4-6-21/h2-16H,17-18H2,1H3,(H,30,31)(H,32,33). The van der Waals surface area contributed by atoms with Gasteiger partial charge in [0.2, 0.25) is 0 Å². The van der Waals surface area contributed by atoms with Crippen molar-refractivity contribution in [1.82, 2.24) is 9.97 Å². The van der Waals surface area contributed by atoms with E-state index in [4.69, 9.17) is 9.47 Å². The SMILES string of the molecule is Cc1ccc2nc(COc3ccc(C(=O)O)cc3OCc3ccc(-c4ccccc4)cc3)[nH]c2c1. The number of carboxylic acid groups (broad SMARTS) is 1. The van der Waals surface area contributed by atoms with Crippen LogP contribution in [0.4, 0.5) is 0 Å². The number of ether oxygens (including phenoxy) is 2. The van der Waals surface area contributed by atoms with Crippen molar-refractivity contribution >= 4 is 17.0 Å². The topological polar surface area (TPSA) is 84.4 Å². The normalized spacial score (nSPS) is 10.9. The second kappa shape index (κ2) is 9.73. The third-order valence-electron chi connectivity index (χ3n) is 5.70. The number of aromatic carboxylic acids is 1. The zero-order chi connectivity index (χ0) is 24.2. The molecule has 174 valence electrons. The molecule has 0 aliphatic carbocycles. The fraction of sp³-hybridized carbons (Fsp3) is 0.103. The Balaban J connectivity index is 1.31. The molecule has 6 heteroatoms. The average Bonchev–Trinajstić information content (AvgIpc) is 3.29. The number of H-pyrrole nitrogens is 1. The van der Waals surface area contributed by atoms with Gasteiger partial charge in [0.25, 0.3) is 0 Å². The average molecular weight is 465 g/mol. The monoisotopic (exact) mass is 464 g/mol. The Morgan fingerprint density at radius 2 is 1.57 bits per heavy atom. The molecule has 0 fully saturated rings. The minimum absolute atomic E-state index is 0.131. The fourth-order valence-electron chi connectivity index (χ4n) is 3.85. The number of aryl methyl sites for hydroxylation is 1. The first-order valence-corrected chi connectivity index (χ1v) is 11.3. The third kappa shape index (κ3) is 5.17. The van der Waals surface area contributed by atoms with Crippen LogP contribution in [0.25, 0.3) is 22.2 Å². The largest absolute Gasteiger partial charge is 0.485 e. The van der Waals surface area contributed by atoms with Crippen LogP contribution in [0.3, 0.4) is 0 Å². The predicted octanol–water partition coefficient (Wildman–Crippen LogP) is 6.39. The van der Waals surface area contributed by atoms with E-state index < -0.39 is 5.97 Å². The molecule has 5 rings (SSSR count). The van der Waals surface area contributed by atoms with Crippen LogP contribution in [-0.4, -0.2) is 21.0 Å². The van der Waals surface area contributed by atoms with Crippen molar-refractivity contribution in [3.63, 3.8) is 0 Å². The summed E-state index contributed by atoms with van der Waals surface area (Å²) in [4.78, 5) is 19.3. The van der Waals surface area contributed by atoms with Crippen LogP contribution in [0, 0.1) is 6.92 Å². The van der Waals surface area contributed by atoms with E-state index in [1.165, 1.54) is 12.1 Å². The summed E-state index contributed by atoms with van der Waals surface area (Å²) in [5.41, 5.74) is 6.31. The summed E-state index contributed by atoms with van der Waals surface area (Å²) < 4.78 is 12.0. The van der Waals surface area contributed by atoms with Gasteiger partial charge in [-0.05, 0) is 59.5 Å². The Morgan fingerprint density at radius 3 is 2.34 bits per heavy atom. The molecule has 0 unspecified atom stereocenters. The minimum Gasteiger partial charge on any atom is -0.485 e. The lowest BCUT2D eigenvalue weighted by molar-refractivity contribution is 0.0696. The van der Waals surface area contributed by atoms with Crippen molar-refractivity contribution < 1.29 is 19.4 Å². The molecule has 0 bridgehead atoms. The number of nitrogens with zero attached hydrogens (tertiary/aromatic N) is 1. The van der Waals surface area contributed by atoms with Gasteiger partial charge in [-0.1, -0.05) is 60.7 Å². The van der Waals surface area contributed by atoms with Gasteiger partial charge >= 0.3 is 5.97 Å². The summed E-state index contributed by atoms with van der Waals surface area (Å²) in [5.74, 6) is 0.466. The number of aromatic amines is 1. The number of benzene rings is 4. The van der Waals surface area contributed by atoms with Crippen molar-refractivity contribution in [2.24, 2.45) is 0 Å². The molecule has 0 amide bonds. The molecule has 0 radical (unpaired) electrons. The maximum Gasteiger partial charge on any atom is 0.335 e. The summed E-state index contributed by atoms with van der Waals surface area (Å²) >= 11 is 0. The molecule has 0 aliphatic heterocycles. The molecule has 35 heavy (non-hydrogen) atoms. The van der Waals surface area contributed by atoms with E-state index >= 15 is 0 Å². The van der Waals surface area contributed by atoms with Gasteiger partial charge in [-0.2, -0.15) is 0 Å². The lowest BCUT2D eigenvalue weighted by atomic mass is 10.0. The molecule has 1 aromatic heterocycles. The fourth-order valence-corrected chi connectivity index (χ4v) is 3.85. The molecule has 2 N–H and O–H groups in total. The zero-order valence-electron chi connectivity index (χ0n) is 19.2. The molecule has 0 atom stereocenters. The highest BCUT2D eigenvalue weighted by molar-refractivity contribution is 5.88. The van der Waals surface area contributed by atoms with E-state index in [1.807, 2.05) is 67.6 Å². The van der Waals surface area contributed by atoms with Crippen molar-refractivity contribution in [3.05, 3.63) is 114 Å². The summed E-state index contributed by atoms with van der Waals surface area (Å²) in [6.07, 6.45) is 0. The number of nitrogens with one attached hydrogen (secondary N) is 1. The molecule has 5 aromatic rings. The number of hydrogen-bond acceptors (Lipinski definition) is 4. The van der Waals surface area contributed by atoms with E-state index in [-0.39, 0.29) is 18.8 Å². The second-order valence-electron chi connectivity index (χ2n) is 8.31. The van der Waals surface area contributed by atoms with Crippen LogP contribution >= 0.6 is 0 Å². The van der Waals surface area contributed by atoms with Gasteiger partial charge < -0.3 is 19.6 Å². The number of carbonyl (C=O) groups is 1. The van der Waals surface area contributed by atoms with E-state index in [9.17, 15) is 9.90 Å². The molecule has 1 heterocycles. The summed E-state index contributed by atoms with van der Waals surface area (Å²) in [6, 6.07) is 28.8. The van der Waals surface area contributed by atoms with Crippen LogP contribution in [0.15, 0.2) is 91.0 Å². The lowest BCUT2D eigenvalue weighted by Crippen LogP contribution is -2.04. The Kier molecular flexibility index (Phi) is 6.18. The van der Waals surface area contributed by atoms with Crippen molar-refractivity contribution in [2.45, 2.75) is 20.1 Å². The van der Waals surface area contributed by atoms with Gasteiger partial charge in [0.1, 0.15) is 19.0 Å². The Bertz CT molecular complexity index is 1470. The Hall–Kier alpha value is -4.58. The van der Waals surface area contributed by atoms with E-state index in [2.05, 4.69) is 22.1 Å². The van der Waals surface area contributed by atoms with Gasteiger partial charge in [-0.15, -0.1) is 0 Å². The summed E-state index contributed by atoms with van der Waals surface area (Å²) in [6.45, 7) is 2.50. The smallest absolute Gasteiger partial charge is 0.335 e. The van der Waals surface area contributed by atoms with Crippen molar-refractivity contribution in [1.29, 1.82) is 0 Å². The van der Waals surface area contributed by atoms with Gasteiger partial charge in [0.15, 0.2) is 11.5 Å². The number of imidazole rings is 1. The van der Waals surface area contributed by atoms with Gasteiger partial charge in [-0.3, -0.25) is 0 Å². The number of rotatable bonds is 8. The molecule has 0 saturated heterocycles. The first-order valence-electron chi connectivity index (χ1n) is 11.3. The predicted molar refractivity (Wildman–Crippen MR) is 135 cm³/mol. The molecule has 6 nitrogen and oxygen atoms in total. The molecule has 0 aliphatic rings. The highest BCUT2D eigenvalue weighted by atomic mass is 16.5. The van der Waals surface area contributed by atoms with E-state index in [0.29, 0.717) is 17.3 Å². The molecule has 0 spiro atoms. The molecular weight excluding hydrogens is 440 g/mol. The number of hydrogen-bond donors (Lipinski definition) is 2. The van der Waals surface area contributed by atoms with Gasteiger partial charge in [0.05, 0.1) is 16.6 Å². The van der Waals surface area contributed by atoms with Crippen LogP contribution in [0.2, 0.25) is 0 Å². The van der Waals surface area contributed by atoms with Crippen LogP contribution in [0.1, 0.15) is 27.3 Å². The van der Waals surface area contributed by atoms with Crippen LogP contribution in [-0.2, 0) is 13.2 Å². The number of carboxylic acids is 1. The van der Waals surface area contributed by atoms with Crippen LogP contribution in [0.5, 0.6) is 11.5 Å². The maximum absolute atomic E-state index is 11.5. The molecule has 0 saturated carbocycles. The third-order valence-corrected chi connectivity index (χ3v) is 5.70. The maximum atomic E-state index is 11.5. The van der Waals surface area contributed by atoms with E-state index in [0.717, 1.165) is 33.3 Å². The van der Waals surface area contributed by atoms with Crippen molar-refractivity contribution in [2.75, 3.05) is 0 Å². The first kappa shape index (κ1) is 22.2. The number of aromatic nitrogens is 2. The Morgan fingerprint density at radius 1 is 0.829 bits per heavy atom. The summed E-state index contributed by atoms with van der Waals surface area (Å²) in [5, 5.41) is 9.42. The first-order chi connectivity index (χ1) is 17.0. The highest BCUT2D eigenvalue weighted by Crippen LogP contribution is 2.30. The highest BCUT2D eigenvalue weighted by Gasteiger charge is 2.13.